The number of aliphatic hydroxyl groups excluding tert-OH is 2. The van der Waals surface area contributed by atoms with E-state index >= 15 is 0 Å². The normalized spacial score (nSPS) is 45.3. The highest BCUT2D eigenvalue weighted by molar-refractivity contribution is 5.82. The second kappa shape index (κ2) is 12.7. The van der Waals surface area contributed by atoms with Crippen LogP contribution in [0.25, 0.3) is 0 Å². The van der Waals surface area contributed by atoms with Crippen molar-refractivity contribution < 1.29 is 24.6 Å². The minimum absolute atomic E-state index is 0.0591. The molecule has 13 atom stereocenters. The Morgan fingerprint density at radius 1 is 1.10 bits per heavy atom. The summed E-state index contributed by atoms with van der Waals surface area (Å²) >= 11 is 0. The van der Waals surface area contributed by atoms with Crippen molar-refractivity contribution in [3.63, 3.8) is 0 Å². The lowest BCUT2D eigenvalue weighted by atomic mass is 9.45. The van der Waals surface area contributed by atoms with Crippen LogP contribution in [0, 0.1) is 58.7 Å². The van der Waals surface area contributed by atoms with Crippen molar-refractivity contribution in [2.45, 2.75) is 130 Å². The quantitative estimate of drug-likeness (QED) is 0.356. The topological polar surface area (TPSA) is 91.3 Å². The predicted molar refractivity (Wildman–Crippen MR) is 161 cm³/mol. The molecule has 0 radical (unpaired) electrons. The maximum Gasteiger partial charge on any atom is 0.240 e. The summed E-state index contributed by atoms with van der Waals surface area (Å²) in [6.07, 6.45) is 9.75. The first-order chi connectivity index (χ1) is 19.5. The molecule has 1 heterocycles. The van der Waals surface area contributed by atoms with Gasteiger partial charge in [-0.3, -0.25) is 9.63 Å². The smallest absolute Gasteiger partial charge is 0.240 e. The number of nitrogens with one attached hydrogen (secondary N) is 1. The fourth-order valence-electron chi connectivity index (χ4n) is 10.4. The number of amides is 1. The van der Waals surface area contributed by atoms with E-state index in [2.05, 4.69) is 39.9 Å². The fourth-order valence-corrected chi connectivity index (χ4v) is 10.4. The molecular weight excluding hydrogens is 516 g/mol. The molecule has 5 unspecified atom stereocenters. The minimum Gasteiger partial charge on any atom is -0.394 e. The van der Waals surface area contributed by atoms with E-state index in [1.807, 2.05) is 12.2 Å². The molecule has 236 valence electrons. The first kappa shape index (κ1) is 31.7. The van der Waals surface area contributed by atoms with Gasteiger partial charge in [-0.25, -0.2) is 0 Å². The number of carbonyl (C=O) groups is 1. The van der Waals surface area contributed by atoms with Crippen LogP contribution in [0.15, 0.2) is 0 Å². The van der Waals surface area contributed by atoms with E-state index in [4.69, 9.17) is 9.57 Å². The lowest BCUT2D eigenvalue weighted by Gasteiger charge is -2.62. The molecule has 7 nitrogen and oxygen atoms in total. The molecule has 7 heteroatoms. The average molecular weight is 577 g/mol. The molecule has 0 aromatic carbocycles. The van der Waals surface area contributed by atoms with E-state index in [1.165, 1.54) is 44.9 Å². The third-order valence-corrected chi connectivity index (χ3v) is 13.1. The standard InChI is InChI=1S/C34H60N2O5/c1-19(2)22-10-8-11-23(14-22)26-13-9-12-24(32(26)40-7)17-36-31(30(21(4)38)29(18-37)41-36)33(39)35-28-16-25-15-27(20(28)3)34(25,5)6/h19-32,37-38H,8-18H2,1-7H3,(H,35,39)/t20-,21-,22?,23?,24?,25+,26?,27-,28-,29-,30+,31-,32?/m0/s1. The third-order valence-electron chi connectivity index (χ3n) is 13.1. The largest absolute Gasteiger partial charge is 0.394 e. The van der Waals surface area contributed by atoms with Crippen LogP contribution >= 0.6 is 0 Å². The summed E-state index contributed by atoms with van der Waals surface area (Å²) in [4.78, 5) is 20.4. The van der Waals surface area contributed by atoms with Gasteiger partial charge in [-0.2, -0.15) is 5.06 Å². The zero-order valence-electron chi connectivity index (χ0n) is 26.9. The zero-order valence-corrected chi connectivity index (χ0v) is 26.9. The van der Waals surface area contributed by atoms with Crippen LogP contribution in [0.1, 0.15) is 99.3 Å². The number of aliphatic hydroxyl groups is 2. The lowest BCUT2D eigenvalue weighted by molar-refractivity contribution is -0.193. The van der Waals surface area contributed by atoms with Crippen molar-refractivity contribution in [2.75, 3.05) is 20.3 Å². The Bertz CT molecular complexity index is 894. The van der Waals surface area contributed by atoms with Crippen molar-refractivity contribution in [1.82, 2.24) is 10.4 Å². The Morgan fingerprint density at radius 3 is 2.44 bits per heavy atom. The second-order valence-electron chi connectivity index (χ2n) is 15.7. The molecule has 6 aliphatic rings. The predicted octanol–water partition coefficient (Wildman–Crippen LogP) is 5.04. The van der Waals surface area contributed by atoms with Gasteiger partial charge in [0.25, 0.3) is 0 Å². The first-order valence-electron chi connectivity index (χ1n) is 17.0. The number of carbonyl (C=O) groups excluding carboxylic acids is 1. The Kier molecular flexibility index (Phi) is 9.82. The van der Waals surface area contributed by atoms with Crippen LogP contribution in [0.2, 0.25) is 0 Å². The Labute approximate surface area is 249 Å². The molecule has 1 amide bonds. The van der Waals surface area contributed by atoms with Crippen LogP contribution in [0.5, 0.6) is 0 Å². The van der Waals surface area contributed by atoms with Gasteiger partial charge in [0.15, 0.2) is 0 Å². The maximum atomic E-state index is 14.1. The van der Waals surface area contributed by atoms with Crippen molar-refractivity contribution in [1.29, 1.82) is 0 Å². The van der Waals surface area contributed by atoms with Crippen LogP contribution in [0.4, 0.5) is 0 Å². The fraction of sp³-hybridized carbons (Fsp3) is 0.971. The summed E-state index contributed by atoms with van der Waals surface area (Å²) in [5.41, 5.74) is 0.355. The van der Waals surface area contributed by atoms with Crippen LogP contribution in [-0.4, -0.2) is 71.8 Å². The molecule has 5 saturated carbocycles. The molecular formula is C34H60N2O5. The van der Waals surface area contributed by atoms with Gasteiger partial charge in [0.1, 0.15) is 12.1 Å². The Morgan fingerprint density at radius 2 is 1.83 bits per heavy atom. The van der Waals surface area contributed by atoms with Gasteiger partial charge >= 0.3 is 0 Å². The van der Waals surface area contributed by atoms with E-state index in [0.29, 0.717) is 41.5 Å². The third kappa shape index (κ3) is 6.01. The van der Waals surface area contributed by atoms with Crippen molar-refractivity contribution >= 4 is 5.91 Å². The maximum absolute atomic E-state index is 14.1. The van der Waals surface area contributed by atoms with Crippen molar-refractivity contribution in [3.05, 3.63) is 0 Å². The number of rotatable bonds is 9. The number of methoxy groups -OCH3 is 1. The van der Waals surface area contributed by atoms with Gasteiger partial charge < -0.3 is 20.3 Å². The number of fused-ring (bicyclic) bond motifs is 2. The molecule has 0 spiro atoms. The summed E-state index contributed by atoms with van der Waals surface area (Å²) in [5.74, 6) is 4.20. The van der Waals surface area contributed by atoms with Crippen LogP contribution in [0.3, 0.4) is 0 Å². The highest BCUT2D eigenvalue weighted by Crippen LogP contribution is 2.61. The van der Waals surface area contributed by atoms with E-state index < -0.39 is 24.2 Å². The molecule has 6 rings (SSSR count). The number of nitrogens with zero attached hydrogens (tertiary/aromatic N) is 1. The molecule has 1 saturated heterocycles. The minimum atomic E-state index is -0.767. The lowest BCUT2D eigenvalue weighted by Crippen LogP contribution is -2.62. The van der Waals surface area contributed by atoms with Crippen LogP contribution < -0.4 is 5.32 Å². The van der Waals surface area contributed by atoms with Gasteiger partial charge in [-0.05, 0) is 85.9 Å². The van der Waals surface area contributed by atoms with E-state index in [1.54, 1.807) is 6.92 Å². The molecule has 2 bridgehead atoms. The number of hydrogen-bond acceptors (Lipinski definition) is 6. The first-order valence-corrected chi connectivity index (χ1v) is 17.0. The summed E-state index contributed by atoms with van der Waals surface area (Å²) in [6, 6.07) is -0.474. The number of hydroxylamine groups is 2. The van der Waals surface area contributed by atoms with Crippen LogP contribution in [-0.2, 0) is 14.4 Å². The monoisotopic (exact) mass is 576 g/mol. The number of hydrogen-bond donors (Lipinski definition) is 3. The van der Waals surface area contributed by atoms with Gasteiger partial charge in [0.05, 0.1) is 18.8 Å². The van der Waals surface area contributed by atoms with Gasteiger partial charge in [-0.1, -0.05) is 60.3 Å². The molecule has 41 heavy (non-hydrogen) atoms. The van der Waals surface area contributed by atoms with Gasteiger partial charge in [0, 0.05) is 31.5 Å². The molecule has 1 aliphatic heterocycles. The van der Waals surface area contributed by atoms with E-state index in [-0.39, 0.29) is 30.6 Å². The zero-order chi connectivity index (χ0) is 29.6. The molecule has 0 aromatic rings. The summed E-state index contributed by atoms with van der Waals surface area (Å²) in [5, 5.41) is 26.3. The molecule has 0 aromatic heterocycles. The Balaban J connectivity index is 1.31. The van der Waals surface area contributed by atoms with Crippen molar-refractivity contribution in [3.8, 4) is 0 Å². The van der Waals surface area contributed by atoms with Crippen molar-refractivity contribution in [2.24, 2.45) is 58.7 Å². The highest BCUT2D eigenvalue weighted by atomic mass is 16.7. The van der Waals surface area contributed by atoms with E-state index in [0.717, 1.165) is 24.7 Å². The van der Waals surface area contributed by atoms with Gasteiger partial charge in [-0.15, -0.1) is 0 Å². The average Bonchev–Trinajstić information content (AvgIpc) is 3.32. The summed E-state index contributed by atoms with van der Waals surface area (Å²) in [6.45, 7) is 13.9. The second-order valence-corrected chi connectivity index (χ2v) is 15.7. The van der Waals surface area contributed by atoms with E-state index in [9.17, 15) is 15.0 Å². The SMILES string of the molecule is COC1C(CN2O[C@@H](CO)[C@@H]([C@H](C)O)[C@H]2C(=O)N[C@H]2C[C@H]3C[C@@H]([C@@H]2C)C3(C)C)CCCC1C1CCCC(C(C)C)C1. The molecule has 6 fully saturated rings. The summed E-state index contributed by atoms with van der Waals surface area (Å²) < 4.78 is 6.29. The molecule has 3 N–H and O–H groups in total. The van der Waals surface area contributed by atoms with Gasteiger partial charge in [0.2, 0.25) is 5.91 Å². The highest BCUT2D eigenvalue weighted by Gasteiger charge is 2.57. The summed E-state index contributed by atoms with van der Waals surface area (Å²) in [7, 11) is 1.86. The number of ether oxygens (including phenoxy) is 1. The Hall–Kier alpha value is -0.730. The molecule has 5 aliphatic carbocycles.